The Kier molecular flexibility index (Phi) is 11.0. The Morgan fingerprint density at radius 2 is 1.61 bits per heavy atom. The molecule has 31 heavy (non-hydrogen) atoms. The normalized spacial score (nSPS) is 15.7. The first-order valence-electron chi connectivity index (χ1n) is 11.6. The van der Waals surface area contributed by atoms with Crippen LogP contribution in [-0.4, -0.2) is 48.3 Å². The highest BCUT2D eigenvalue weighted by Gasteiger charge is 2.33. The maximum absolute atomic E-state index is 12.9. The standard InChI is InChI=1S/C24H36FN3O3/c1-2-3-4-5-6-7-8-11-22(29)28-18-9-10-21(28)24(31)27-17-16-26-23(30)19-12-14-20(25)15-13-19/h12-15,21H,2-11,16-18H2,1H3,(H,26,30)(H,27,31)/t21-/m0/s1. The fourth-order valence-corrected chi connectivity index (χ4v) is 3.90. The van der Waals surface area contributed by atoms with E-state index in [1.165, 1.54) is 56.4 Å². The molecule has 2 rings (SSSR count). The predicted molar refractivity (Wildman–Crippen MR) is 119 cm³/mol. The number of nitrogens with one attached hydrogen (secondary N) is 2. The van der Waals surface area contributed by atoms with Gasteiger partial charge in [-0.2, -0.15) is 0 Å². The lowest BCUT2D eigenvalue weighted by Crippen LogP contribution is -2.47. The molecule has 7 heteroatoms. The summed E-state index contributed by atoms with van der Waals surface area (Å²) in [5.41, 5.74) is 0.366. The fourth-order valence-electron chi connectivity index (χ4n) is 3.90. The van der Waals surface area contributed by atoms with Gasteiger partial charge in [0.15, 0.2) is 0 Å². The first kappa shape index (κ1) is 24.8. The zero-order valence-electron chi connectivity index (χ0n) is 18.6. The second kappa shape index (κ2) is 13.8. The number of halogens is 1. The zero-order chi connectivity index (χ0) is 22.5. The topological polar surface area (TPSA) is 78.5 Å². The molecule has 1 fully saturated rings. The van der Waals surface area contributed by atoms with E-state index in [2.05, 4.69) is 17.6 Å². The summed E-state index contributed by atoms with van der Waals surface area (Å²) in [6.45, 7) is 3.38. The first-order chi connectivity index (χ1) is 15.0. The quantitative estimate of drug-likeness (QED) is 0.465. The minimum Gasteiger partial charge on any atom is -0.353 e. The SMILES string of the molecule is CCCCCCCCCC(=O)N1CCC[C@H]1C(=O)NCCNC(=O)c1ccc(F)cc1. The van der Waals surface area contributed by atoms with Gasteiger partial charge in [-0.1, -0.05) is 45.4 Å². The van der Waals surface area contributed by atoms with Crippen LogP contribution in [0.3, 0.4) is 0 Å². The number of unbranched alkanes of at least 4 members (excludes halogenated alkanes) is 6. The summed E-state index contributed by atoms with van der Waals surface area (Å²) in [4.78, 5) is 38.8. The van der Waals surface area contributed by atoms with Crippen molar-refractivity contribution < 1.29 is 18.8 Å². The molecule has 0 aromatic heterocycles. The van der Waals surface area contributed by atoms with E-state index >= 15 is 0 Å². The number of hydrogen-bond acceptors (Lipinski definition) is 3. The number of benzene rings is 1. The number of carbonyl (C=O) groups is 3. The molecular weight excluding hydrogens is 397 g/mol. The first-order valence-corrected chi connectivity index (χ1v) is 11.6. The van der Waals surface area contributed by atoms with Gasteiger partial charge in [-0.25, -0.2) is 4.39 Å². The monoisotopic (exact) mass is 433 g/mol. The van der Waals surface area contributed by atoms with Gasteiger partial charge in [-0.15, -0.1) is 0 Å². The Morgan fingerprint density at radius 3 is 2.32 bits per heavy atom. The van der Waals surface area contributed by atoms with E-state index in [4.69, 9.17) is 0 Å². The Morgan fingerprint density at radius 1 is 0.968 bits per heavy atom. The summed E-state index contributed by atoms with van der Waals surface area (Å²) >= 11 is 0. The summed E-state index contributed by atoms with van der Waals surface area (Å²) in [6.07, 6.45) is 10.1. The number of amides is 3. The summed E-state index contributed by atoms with van der Waals surface area (Å²) in [5.74, 6) is -0.815. The van der Waals surface area contributed by atoms with Crippen molar-refractivity contribution in [1.29, 1.82) is 0 Å². The largest absolute Gasteiger partial charge is 0.353 e. The van der Waals surface area contributed by atoms with Gasteiger partial charge < -0.3 is 15.5 Å². The molecule has 172 valence electrons. The Balaban J connectivity index is 1.64. The van der Waals surface area contributed by atoms with E-state index in [1.807, 2.05) is 0 Å². The maximum atomic E-state index is 12.9. The minimum absolute atomic E-state index is 0.0656. The van der Waals surface area contributed by atoms with E-state index in [0.29, 0.717) is 24.9 Å². The van der Waals surface area contributed by atoms with Crippen molar-refractivity contribution in [2.45, 2.75) is 77.2 Å². The molecule has 0 spiro atoms. The van der Waals surface area contributed by atoms with Gasteiger partial charge in [-0.05, 0) is 43.5 Å². The molecule has 1 aromatic carbocycles. The molecule has 3 amide bonds. The third-order valence-electron chi connectivity index (χ3n) is 5.69. The van der Waals surface area contributed by atoms with Crippen molar-refractivity contribution in [3.63, 3.8) is 0 Å². The third kappa shape index (κ3) is 8.67. The van der Waals surface area contributed by atoms with Gasteiger partial charge >= 0.3 is 0 Å². The molecule has 6 nitrogen and oxygen atoms in total. The van der Waals surface area contributed by atoms with Crippen molar-refractivity contribution in [1.82, 2.24) is 15.5 Å². The third-order valence-corrected chi connectivity index (χ3v) is 5.69. The van der Waals surface area contributed by atoms with Crippen LogP contribution in [0, 0.1) is 5.82 Å². The summed E-state index contributed by atoms with van der Waals surface area (Å²) in [6, 6.07) is 4.88. The number of likely N-dealkylation sites (tertiary alicyclic amines) is 1. The minimum atomic E-state index is -0.412. The summed E-state index contributed by atoms with van der Waals surface area (Å²) in [7, 11) is 0. The van der Waals surface area contributed by atoms with Gasteiger partial charge in [0.1, 0.15) is 11.9 Å². The Hall–Kier alpha value is -2.44. The molecule has 0 saturated carbocycles. The van der Waals surface area contributed by atoms with Crippen LogP contribution in [0.25, 0.3) is 0 Å². The number of carbonyl (C=O) groups excluding carboxylic acids is 3. The average molecular weight is 434 g/mol. The predicted octanol–water partition coefficient (Wildman–Crippen LogP) is 3.80. The number of rotatable bonds is 13. The van der Waals surface area contributed by atoms with Crippen molar-refractivity contribution >= 4 is 17.7 Å². The van der Waals surface area contributed by atoms with E-state index in [-0.39, 0.29) is 30.8 Å². The van der Waals surface area contributed by atoms with Crippen molar-refractivity contribution in [3.8, 4) is 0 Å². The highest BCUT2D eigenvalue weighted by Crippen LogP contribution is 2.19. The van der Waals surface area contributed by atoms with E-state index < -0.39 is 11.9 Å². The van der Waals surface area contributed by atoms with Crippen molar-refractivity contribution in [3.05, 3.63) is 35.6 Å². The second-order valence-corrected chi connectivity index (χ2v) is 8.17. The van der Waals surface area contributed by atoms with E-state index in [1.54, 1.807) is 4.90 Å². The molecule has 1 aromatic rings. The maximum Gasteiger partial charge on any atom is 0.251 e. The Labute approximate surface area is 185 Å². The highest BCUT2D eigenvalue weighted by molar-refractivity contribution is 5.94. The van der Waals surface area contributed by atoms with Gasteiger partial charge in [-0.3, -0.25) is 14.4 Å². The zero-order valence-corrected chi connectivity index (χ0v) is 18.6. The van der Waals surface area contributed by atoms with Crippen LogP contribution in [0.2, 0.25) is 0 Å². The molecule has 1 saturated heterocycles. The fraction of sp³-hybridized carbons (Fsp3) is 0.625. The van der Waals surface area contributed by atoms with Gasteiger partial charge in [0.25, 0.3) is 5.91 Å². The van der Waals surface area contributed by atoms with Crippen LogP contribution in [0.1, 0.15) is 81.5 Å². The lowest BCUT2D eigenvalue weighted by atomic mass is 10.1. The molecule has 0 radical (unpaired) electrons. The number of hydrogen-bond donors (Lipinski definition) is 2. The van der Waals surface area contributed by atoms with Gasteiger partial charge in [0.05, 0.1) is 0 Å². The lowest BCUT2D eigenvalue weighted by molar-refractivity contribution is -0.138. The molecule has 1 aliphatic rings. The Bertz CT molecular complexity index is 709. The average Bonchev–Trinajstić information content (AvgIpc) is 3.26. The summed E-state index contributed by atoms with van der Waals surface area (Å²) in [5, 5.41) is 5.51. The highest BCUT2D eigenvalue weighted by atomic mass is 19.1. The smallest absolute Gasteiger partial charge is 0.251 e. The van der Waals surface area contributed by atoms with Crippen molar-refractivity contribution in [2.75, 3.05) is 19.6 Å². The van der Waals surface area contributed by atoms with Crippen LogP contribution in [0.15, 0.2) is 24.3 Å². The van der Waals surface area contributed by atoms with Crippen molar-refractivity contribution in [2.24, 2.45) is 0 Å². The molecule has 0 aliphatic carbocycles. The van der Waals surface area contributed by atoms with Crippen LogP contribution in [-0.2, 0) is 9.59 Å². The van der Waals surface area contributed by atoms with Crippen LogP contribution in [0.5, 0.6) is 0 Å². The molecular formula is C24H36FN3O3. The van der Waals surface area contributed by atoms with Gasteiger partial charge in [0.2, 0.25) is 11.8 Å². The molecule has 0 unspecified atom stereocenters. The molecule has 1 aliphatic heterocycles. The van der Waals surface area contributed by atoms with E-state index in [0.717, 1.165) is 19.3 Å². The lowest BCUT2D eigenvalue weighted by Gasteiger charge is -2.24. The van der Waals surface area contributed by atoms with Crippen LogP contribution < -0.4 is 10.6 Å². The second-order valence-electron chi connectivity index (χ2n) is 8.17. The molecule has 1 atom stereocenters. The van der Waals surface area contributed by atoms with E-state index in [9.17, 15) is 18.8 Å². The van der Waals surface area contributed by atoms with Gasteiger partial charge in [0, 0.05) is 31.6 Å². The van der Waals surface area contributed by atoms with Crippen LogP contribution >= 0.6 is 0 Å². The molecule has 2 N–H and O–H groups in total. The number of nitrogens with zero attached hydrogens (tertiary/aromatic N) is 1. The molecule has 0 bridgehead atoms. The summed E-state index contributed by atoms with van der Waals surface area (Å²) < 4.78 is 12.9. The van der Waals surface area contributed by atoms with Crippen LogP contribution in [0.4, 0.5) is 4.39 Å². The molecule has 1 heterocycles.